The zero-order valence-corrected chi connectivity index (χ0v) is 18.4. The molecule has 11 nitrogen and oxygen atoms in total. The number of hydrogen-bond donors (Lipinski definition) is 1. The Morgan fingerprint density at radius 3 is 2.75 bits per heavy atom. The fraction of sp³-hybridized carbons (Fsp3) is 0.476. The third-order valence-electron chi connectivity index (χ3n) is 5.98. The van der Waals surface area contributed by atoms with E-state index in [1.165, 1.54) is 15.4 Å². The molecule has 2 atom stereocenters. The zero-order chi connectivity index (χ0) is 22.8. The summed E-state index contributed by atoms with van der Waals surface area (Å²) in [6.45, 7) is 8.89. The number of carbonyl (C=O) groups excluding carboxylic acids is 2. The maximum absolute atomic E-state index is 13.2. The molecule has 0 aliphatic carbocycles. The fourth-order valence-corrected chi connectivity index (χ4v) is 4.36. The van der Waals surface area contributed by atoms with Crippen LogP contribution in [0.25, 0.3) is 11.5 Å². The highest BCUT2D eigenvalue weighted by molar-refractivity contribution is 5.96. The van der Waals surface area contributed by atoms with Crippen LogP contribution >= 0.6 is 0 Å². The lowest BCUT2D eigenvalue weighted by Gasteiger charge is -2.43. The van der Waals surface area contributed by atoms with Crippen molar-refractivity contribution in [3.8, 4) is 5.95 Å². The van der Waals surface area contributed by atoms with Gasteiger partial charge in [0.1, 0.15) is 11.1 Å². The van der Waals surface area contributed by atoms with Crippen molar-refractivity contribution in [2.75, 3.05) is 19.6 Å². The second-order valence-electron chi connectivity index (χ2n) is 9.34. The molecule has 3 aromatic heterocycles. The number of amides is 2. The standard InChI is InChI=1S/C21H25N7O4/c1-12-14(8-22-28(12)19-23-17(29)15-6-5-7-27(15)24-19)18(30)26-10-13-9-25(11-16(13)26)20(31)32-21(2,3)4/h5-8,13,16H,9-11H2,1-4H3,(H,23,24,29)/t13-,16-/m0/s1. The van der Waals surface area contributed by atoms with Gasteiger partial charge in [-0.15, -0.1) is 5.10 Å². The molecule has 2 fully saturated rings. The minimum absolute atomic E-state index is 0.0353. The number of nitrogens with one attached hydrogen (secondary N) is 1. The number of likely N-dealkylation sites (tertiary alicyclic amines) is 2. The fourth-order valence-electron chi connectivity index (χ4n) is 4.36. The third kappa shape index (κ3) is 3.24. The second-order valence-corrected chi connectivity index (χ2v) is 9.34. The molecular weight excluding hydrogens is 414 g/mol. The van der Waals surface area contributed by atoms with Crippen molar-refractivity contribution in [1.29, 1.82) is 0 Å². The van der Waals surface area contributed by atoms with Crippen molar-refractivity contribution in [2.45, 2.75) is 39.3 Å². The van der Waals surface area contributed by atoms with Gasteiger partial charge in [0.05, 0.1) is 23.5 Å². The predicted molar refractivity (Wildman–Crippen MR) is 114 cm³/mol. The van der Waals surface area contributed by atoms with Crippen molar-refractivity contribution >= 4 is 17.5 Å². The summed E-state index contributed by atoms with van der Waals surface area (Å²) >= 11 is 0. The second kappa shape index (κ2) is 6.94. The molecule has 1 N–H and O–H groups in total. The summed E-state index contributed by atoms with van der Waals surface area (Å²) in [6, 6.07) is 3.37. The molecule has 168 valence electrons. The lowest BCUT2D eigenvalue weighted by molar-refractivity contribution is 0.0273. The Labute approximate surface area is 183 Å². The topological polar surface area (TPSA) is 118 Å². The molecule has 5 rings (SSSR count). The number of aromatic amines is 1. The number of hydrogen-bond acceptors (Lipinski definition) is 6. The normalized spacial score (nSPS) is 20.4. The van der Waals surface area contributed by atoms with E-state index in [2.05, 4.69) is 15.2 Å². The summed E-state index contributed by atoms with van der Waals surface area (Å²) in [4.78, 5) is 44.0. The van der Waals surface area contributed by atoms with Gasteiger partial charge < -0.3 is 14.5 Å². The Morgan fingerprint density at radius 1 is 1.22 bits per heavy atom. The molecule has 11 heteroatoms. The summed E-state index contributed by atoms with van der Waals surface area (Å²) in [7, 11) is 0. The average molecular weight is 439 g/mol. The highest BCUT2D eigenvalue weighted by Gasteiger charge is 2.50. The maximum atomic E-state index is 13.2. The van der Waals surface area contributed by atoms with Crippen molar-refractivity contribution < 1.29 is 14.3 Å². The highest BCUT2D eigenvalue weighted by Crippen LogP contribution is 2.34. The maximum Gasteiger partial charge on any atom is 0.410 e. The van der Waals surface area contributed by atoms with E-state index in [1.807, 2.05) is 20.8 Å². The Morgan fingerprint density at radius 2 is 2.00 bits per heavy atom. The molecule has 5 heterocycles. The lowest BCUT2D eigenvalue weighted by atomic mass is 9.91. The van der Waals surface area contributed by atoms with E-state index in [1.54, 1.807) is 35.1 Å². The molecule has 0 aromatic carbocycles. The number of nitrogens with zero attached hydrogens (tertiary/aromatic N) is 6. The van der Waals surface area contributed by atoms with Gasteiger partial charge in [0, 0.05) is 31.7 Å². The van der Waals surface area contributed by atoms with Crippen LogP contribution in [0.1, 0.15) is 36.8 Å². The Balaban J connectivity index is 1.34. The SMILES string of the molecule is Cc1c(C(=O)N2C[C@@H]3CN(C(=O)OC(C)(C)C)C[C@@H]32)cnn1-c1nn2cccc2c(=O)[nH]1. The van der Waals surface area contributed by atoms with Crippen LogP contribution in [0.4, 0.5) is 4.79 Å². The molecule has 3 aromatic rings. The number of H-pyrrole nitrogens is 1. The highest BCUT2D eigenvalue weighted by atomic mass is 16.6. The van der Waals surface area contributed by atoms with Crippen molar-refractivity contribution in [2.24, 2.45) is 5.92 Å². The van der Waals surface area contributed by atoms with Gasteiger partial charge in [-0.25, -0.2) is 14.0 Å². The molecule has 0 spiro atoms. The van der Waals surface area contributed by atoms with Gasteiger partial charge in [-0.05, 0) is 39.8 Å². The largest absolute Gasteiger partial charge is 0.444 e. The van der Waals surface area contributed by atoms with Crippen LogP contribution in [-0.4, -0.2) is 77.5 Å². The zero-order valence-electron chi connectivity index (χ0n) is 18.4. The third-order valence-corrected chi connectivity index (χ3v) is 5.98. The van der Waals surface area contributed by atoms with Gasteiger partial charge in [0.15, 0.2) is 0 Å². The molecule has 2 amide bonds. The van der Waals surface area contributed by atoms with Crippen LogP contribution in [-0.2, 0) is 4.74 Å². The van der Waals surface area contributed by atoms with Crippen molar-refractivity contribution in [1.82, 2.24) is 34.2 Å². The van der Waals surface area contributed by atoms with Gasteiger partial charge in [0.2, 0.25) is 5.95 Å². The molecular formula is C21H25N7O4. The molecule has 2 aliphatic heterocycles. The lowest BCUT2D eigenvalue weighted by Crippen LogP contribution is -2.58. The quantitative estimate of drug-likeness (QED) is 0.641. The summed E-state index contributed by atoms with van der Waals surface area (Å²) in [6.07, 6.45) is 2.82. The van der Waals surface area contributed by atoms with Gasteiger partial charge in [-0.3, -0.25) is 14.6 Å². The smallest absolute Gasteiger partial charge is 0.410 e. The summed E-state index contributed by atoms with van der Waals surface area (Å²) in [5.41, 5.74) is 0.599. The molecule has 0 saturated carbocycles. The Hall–Kier alpha value is -3.63. The van der Waals surface area contributed by atoms with Gasteiger partial charge in [-0.1, -0.05) is 0 Å². The van der Waals surface area contributed by atoms with Crippen molar-refractivity contribution in [3.05, 3.63) is 46.1 Å². The average Bonchev–Trinajstić information content (AvgIpc) is 3.38. The van der Waals surface area contributed by atoms with Crippen LogP contribution in [0.2, 0.25) is 0 Å². The van der Waals surface area contributed by atoms with Crippen LogP contribution in [0.5, 0.6) is 0 Å². The number of aromatic nitrogens is 5. The molecule has 2 aliphatic rings. The Kier molecular flexibility index (Phi) is 4.40. The van der Waals surface area contributed by atoms with Crippen LogP contribution in [0, 0.1) is 12.8 Å². The van der Waals surface area contributed by atoms with E-state index in [0.29, 0.717) is 36.4 Å². The van der Waals surface area contributed by atoms with E-state index in [9.17, 15) is 14.4 Å². The molecule has 32 heavy (non-hydrogen) atoms. The van der Waals surface area contributed by atoms with E-state index in [-0.39, 0.29) is 35.5 Å². The van der Waals surface area contributed by atoms with Crippen LogP contribution in [0.15, 0.2) is 29.3 Å². The Bertz CT molecular complexity index is 1280. The summed E-state index contributed by atoms with van der Waals surface area (Å²) in [5.74, 6) is 0.329. The molecule has 0 radical (unpaired) electrons. The number of fused-ring (bicyclic) bond motifs is 2. The number of carbonyl (C=O) groups is 2. The van der Waals surface area contributed by atoms with E-state index in [0.717, 1.165) is 0 Å². The van der Waals surface area contributed by atoms with Crippen molar-refractivity contribution in [3.63, 3.8) is 0 Å². The predicted octanol–water partition coefficient (Wildman–Crippen LogP) is 1.21. The molecule has 2 saturated heterocycles. The monoisotopic (exact) mass is 439 g/mol. The minimum atomic E-state index is -0.557. The first-order valence-electron chi connectivity index (χ1n) is 10.5. The summed E-state index contributed by atoms with van der Waals surface area (Å²) < 4.78 is 8.39. The minimum Gasteiger partial charge on any atom is -0.444 e. The van der Waals surface area contributed by atoms with E-state index < -0.39 is 5.60 Å². The first kappa shape index (κ1) is 20.3. The van der Waals surface area contributed by atoms with Crippen LogP contribution in [0.3, 0.4) is 0 Å². The van der Waals surface area contributed by atoms with Gasteiger partial charge in [-0.2, -0.15) is 5.10 Å². The first-order valence-corrected chi connectivity index (χ1v) is 10.5. The number of ether oxygens (including phenoxy) is 1. The summed E-state index contributed by atoms with van der Waals surface area (Å²) in [5, 5.41) is 8.66. The first-order chi connectivity index (χ1) is 15.1. The van der Waals surface area contributed by atoms with E-state index in [4.69, 9.17) is 4.74 Å². The van der Waals surface area contributed by atoms with Gasteiger partial charge in [0.25, 0.3) is 11.5 Å². The van der Waals surface area contributed by atoms with Crippen LogP contribution < -0.4 is 5.56 Å². The van der Waals surface area contributed by atoms with Gasteiger partial charge >= 0.3 is 6.09 Å². The number of rotatable bonds is 2. The molecule has 0 bridgehead atoms. The molecule has 0 unspecified atom stereocenters. The van der Waals surface area contributed by atoms with E-state index >= 15 is 0 Å².